The monoisotopic (exact) mass is 191 g/mol. The Kier molecular flexibility index (Phi) is 3.65. The van der Waals surface area contributed by atoms with Crippen molar-refractivity contribution in [1.29, 1.82) is 0 Å². The van der Waals surface area contributed by atoms with Crippen LogP contribution in [0.25, 0.3) is 10.9 Å². The van der Waals surface area contributed by atoms with Gasteiger partial charge < -0.3 is 5.73 Å². The van der Waals surface area contributed by atoms with Gasteiger partial charge in [-0.15, -0.1) is 0 Å². The van der Waals surface area contributed by atoms with Crippen molar-refractivity contribution in [2.75, 3.05) is 0 Å². The van der Waals surface area contributed by atoms with Gasteiger partial charge in [0.05, 0.1) is 11.2 Å². The number of rotatable bonds is 1. The van der Waals surface area contributed by atoms with E-state index in [1.807, 2.05) is 26.0 Å². The van der Waals surface area contributed by atoms with E-state index in [1.165, 1.54) is 5.56 Å². The van der Waals surface area contributed by atoms with Crippen LogP contribution in [0.4, 0.5) is 0 Å². The number of hydrogen-bond acceptors (Lipinski definition) is 2. The third-order valence-electron chi connectivity index (χ3n) is 1.99. The van der Waals surface area contributed by atoms with Crippen LogP contribution in [0.3, 0.4) is 0 Å². The average molecular weight is 191 g/mol. The van der Waals surface area contributed by atoms with Gasteiger partial charge in [-0.1, -0.05) is 25.5 Å². The molecule has 0 spiro atoms. The summed E-state index contributed by atoms with van der Waals surface area (Å²) in [6.07, 6.45) is 0. The lowest BCUT2D eigenvalue weighted by atomic mass is 10.1. The third kappa shape index (κ3) is 1.93. The second-order valence-electron chi connectivity index (χ2n) is 2.93. The minimum absolute atomic E-state index is 0.514. The van der Waals surface area contributed by atoms with Gasteiger partial charge in [-0.2, -0.15) is 5.10 Å². The van der Waals surface area contributed by atoms with Crippen molar-refractivity contribution in [1.82, 2.24) is 10.2 Å². The van der Waals surface area contributed by atoms with E-state index in [0.717, 1.165) is 16.6 Å². The molecular formula is C11H17N3. The zero-order valence-electron chi connectivity index (χ0n) is 8.96. The summed E-state index contributed by atoms with van der Waals surface area (Å²) in [5, 5.41) is 8.18. The Morgan fingerprint density at radius 3 is 2.71 bits per heavy atom. The Balaban J connectivity index is 0.000000461. The van der Waals surface area contributed by atoms with E-state index < -0.39 is 0 Å². The minimum atomic E-state index is 0.514. The molecule has 1 heterocycles. The molecular weight excluding hydrogens is 174 g/mol. The van der Waals surface area contributed by atoms with Crippen LogP contribution in [-0.2, 0) is 6.54 Å². The van der Waals surface area contributed by atoms with Crippen molar-refractivity contribution in [2.45, 2.75) is 27.3 Å². The number of nitrogens with one attached hydrogen (secondary N) is 1. The van der Waals surface area contributed by atoms with E-state index in [9.17, 15) is 0 Å². The van der Waals surface area contributed by atoms with Gasteiger partial charge >= 0.3 is 0 Å². The van der Waals surface area contributed by atoms with Crippen LogP contribution in [0.1, 0.15) is 25.1 Å². The summed E-state index contributed by atoms with van der Waals surface area (Å²) in [7, 11) is 0. The molecule has 0 aliphatic heterocycles. The molecule has 3 heteroatoms. The van der Waals surface area contributed by atoms with E-state index >= 15 is 0 Å². The zero-order chi connectivity index (χ0) is 10.6. The van der Waals surface area contributed by atoms with Crippen LogP contribution in [0.2, 0.25) is 0 Å². The highest BCUT2D eigenvalue weighted by Gasteiger charge is 2.02. The lowest BCUT2D eigenvalue weighted by Gasteiger charge is -1.93. The molecule has 3 nitrogen and oxygen atoms in total. The maximum absolute atomic E-state index is 5.54. The number of fused-ring (bicyclic) bond motifs is 1. The highest BCUT2D eigenvalue weighted by Crippen LogP contribution is 2.16. The molecule has 0 aliphatic rings. The first-order chi connectivity index (χ1) is 6.81. The first-order valence-corrected chi connectivity index (χ1v) is 4.95. The molecule has 3 N–H and O–H groups in total. The van der Waals surface area contributed by atoms with Crippen molar-refractivity contribution in [3.8, 4) is 0 Å². The molecule has 1 aromatic heterocycles. The highest BCUT2D eigenvalue weighted by molar-refractivity contribution is 5.81. The van der Waals surface area contributed by atoms with Gasteiger partial charge in [0.15, 0.2) is 0 Å². The van der Waals surface area contributed by atoms with Crippen molar-refractivity contribution in [3.05, 3.63) is 29.5 Å². The van der Waals surface area contributed by atoms with Crippen LogP contribution in [0.5, 0.6) is 0 Å². The maximum atomic E-state index is 5.54. The van der Waals surface area contributed by atoms with Crippen molar-refractivity contribution < 1.29 is 0 Å². The van der Waals surface area contributed by atoms with Gasteiger partial charge in [-0.05, 0) is 19.1 Å². The third-order valence-corrected chi connectivity index (χ3v) is 1.99. The fourth-order valence-electron chi connectivity index (χ4n) is 1.33. The Morgan fingerprint density at radius 1 is 1.36 bits per heavy atom. The van der Waals surface area contributed by atoms with Gasteiger partial charge in [0.2, 0.25) is 0 Å². The minimum Gasteiger partial charge on any atom is -0.325 e. The Morgan fingerprint density at radius 2 is 2.07 bits per heavy atom. The molecule has 0 unspecified atom stereocenters. The van der Waals surface area contributed by atoms with E-state index in [-0.39, 0.29) is 0 Å². The SMILES string of the molecule is CC.Cc1ccc2n[nH]c(CN)c2c1. The second kappa shape index (κ2) is 4.77. The molecule has 2 rings (SSSR count). The molecule has 14 heavy (non-hydrogen) atoms. The first kappa shape index (κ1) is 10.7. The Labute approximate surface area is 84.3 Å². The fourth-order valence-corrected chi connectivity index (χ4v) is 1.33. The summed E-state index contributed by atoms with van der Waals surface area (Å²) in [4.78, 5) is 0. The molecule has 2 aromatic rings. The molecule has 0 bridgehead atoms. The molecule has 1 aromatic carbocycles. The summed E-state index contributed by atoms with van der Waals surface area (Å²) < 4.78 is 0. The smallest absolute Gasteiger partial charge is 0.0924 e. The van der Waals surface area contributed by atoms with E-state index in [4.69, 9.17) is 5.73 Å². The van der Waals surface area contributed by atoms with Gasteiger partial charge in [-0.3, -0.25) is 5.10 Å². The summed E-state index contributed by atoms with van der Waals surface area (Å²) >= 11 is 0. The number of aryl methyl sites for hydroxylation is 1. The number of benzene rings is 1. The molecule has 0 radical (unpaired) electrons. The van der Waals surface area contributed by atoms with Crippen molar-refractivity contribution in [3.63, 3.8) is 0 Å². The van der Waals surface area contributed by atoms with Gasteiger partial charge in [-0.25, -0.2) is 0 Å². The average Bonchev–Trinajstić information content (AvgIpc) is 2.63. The molecule has 76 valence electrons. The summed E-state index contributed by atoms with van der Waals surface area (Å²) in [5.41, 5.74) is 8.77. The number of nitrogens with two attached hydrogens (primary N) is 1. The molecule has 0 amide bonds. The Bertz CT molecular complexity index is 404. The zero-order valence-corrected chi connectivity index (χ0v) is 8.96. The molecule has 0 atom stereocenters. The van der Waals surface area contributed by atoms with Crippen LogP contribution in [-0.4, -0.2) is 10.2 Å². The lowest BCUT2D eigenvalue weighted by Crippen LogP contribution is -1.96. The number of nitrogens with zero attached hydrogens (tertiary/aromatic N) is 1. The number of H-pyrrole nitrogens is 1. The van der Waals surface area contributed by atoms with E-state index in [0.29, 0.717) is 6.54 Å². The van der Waals surface area contributed by atoms with Gasteiger partial charge in [0.25, 0.3) is 0 Å². The number of aromatic amines is 1. The van der Waals surface area contributed by atoms with Crippen molar-refractivity contribution in [2.24, 2.45) is 5.73 Å². The second-order valence-corrected chi connectivity index (χ2v) is 2.93. The van der Waals surface area contributed by atoms with Crippen LogP contribution < -0.4 is 5.73 Å². The number of hydrogen-bond donors (Lipinski definition) is 2. The van der Waals surface area contributed by atoms with Crippen LogP contribution in [0.15, 0.2) is 18.2 Å². The quantitative estimate of drug-likeness (QED) is 0.727. The first-order valence-electron chi connectivity index (χ1n) is 4.95. The predicted octanol–water partition coefficient (Wildman–Crippen LogP) is 2.36. The molecule has 0 saturated carbocycles. The number of aromatic nitrogens is 2. The van der Waals surface area contributed by atoms with E-state index in [1.54, 1.807) is 0 Å². The van der Waals surface area contributed by atoms with Crippen molar-refractivity contribution >= 4 is 10.9 Å². The summed E-state index contributed by atoms with van der Waals surface area (Å²) in [5.74, 6) is 0. The standard InChI is InChI=1S/C9H11N3.C2H6/c1-6-2-3-8-7(4-6)9(5-10)12-11-8;1-2/h2-4H,5,10H2,1H3,(H,11,12);1-2H3. The molecule has 0 saturated heterocycles. The lowest BCUT2D eigenvalue weighted by molar-refractivity contribution is 0.959. The fraction of sp³-hybridized carbons (Fsp3) is 0.364. The van der Waals surface area contributed by atoms with Crippen LogP contribution in [0, 0.1) is 6.92 Å². The maximum Gasteiger partial charge on any atom is 0.0924 e. The van der Waals surface area contributed by atoms with Gasteiger partial charge in [0.1, 0.15) is 0 Å². The molecule has 0 fully saturated rings. The summed E-state index contributed by atoms with van der Waals surface area (Å²) in [6.45, 7) is 6.58. The Hall–Kier alpha value is -1.35. The normalized spacial score (nSPS) is 9.71. The highest BCUT2D eigenvalue weighted by atomic mass is 15.1. The topological polar surface area (TPSA) is 54.7 Å². The van der Waals surface area contributed by atoms with Gasteiger partial charge in [0, 0.05) is 11.9 Å². The molecule has 0 aliphatic carbocycles. The van der Waals surface area contributed by atoms with Crippen LogP contribution >= 0.6 is 0 Å². The predicted molar refractivity (Wildman–Crippen MR) is 60.1 cm³/mol. The summed E-state index contributed by atoms with van der Waals surface area (Å²) in [6, 6.07) is 6.14. The largest absolute Gasteiger partial charge is 0.325 e. The van der Waals surface area contributed by atoms with E-state index in [2.05, 4.69) is 23.2 Å².